The lowest BCUT2D eigenvalue weighted by atomic mass is 9.87. The van der Waals surface area contributed by atoms with Crippen molar-refractivity contribution < 1.29 is 24.0 Å². The second kappa shape index (κ2) is 26.9. The van der Waals surface area contributed by atoms with Crippen molar-refractivity contribution in [1.82, 2.24) is 39.6 Å². The molecule has 4 aliphatic rings. The number of likely N-dealkylation sites (tertiary alicyclic amines) is 2. The van der Waals surface area contributed by atoms with Crippen molar-refractivity contribution in [3.05, 3.63) is 69.7 Å². The van der Waals surface area contributed by atoms with Crippen molar-refractivity contribution in [2.45, 2.75) is 124 Å². The molecule has 4 N–H and O–H groups in total. The molecule has 15 nitrogen and oxygen atoms in total. The van der Waals surface area contributed by atoms with Crippen molar-refractivity contribution in [1.29, 1.82) is 0 Å². The molecule has 4 amide bonds. The maximum Gasteiger partial charge on any atom is 0.239 e. The molecule has 4 fully saturated rings. The van der Waals surface area contributed by atoms with E-state index in [0.717, 1.165) is 102 Å². The molecule has 17 heteroatoms. The molecule has 2 aromatic carbocycles. The van der Waals surface area contributed by atoms with Gasteiger partial charge in [-0.3, -0.25) is 24.0 Å². The fourth-order valence-corrected chi connectivity index (χ4v) is 10.4. The minimum absolute atomic E-state index is 0.0161. The fourth-order valence-electron chi connectivity index (χ4n) is 10.1. The van der Waals surface area contributed by atoms with E-state index in [1.807, 2.05) is 68.1 Å². The summed E-state index contributed by atoms with van der Waals surface area (Å²) in [7, 11) is 0. The summed E-state index contributed by atoms with van der Waals surface area (Å²) in [5.74, 6) is 0.844. The highest BCUT2D eigenvalue weighted by Gasteiger charge is 2.37. The van der Waals surface area contributed by atoms with Gasteiger partial charge >= 0.3 is 0 Å². The number of hydrazine groups is 2. The Hall–Kier alpha value is -3.67. The highest BCUT2D eigenvalue weighted by molar-refractivity contribution is 6.30. The lowest BCUT2D eigenvalue weighted by Gasteiger charge is -2.47. The maximum atomic E-state index is 13.7. The number of Topliss-reactive ketones (excluding diaryl/α,β-unsaturated/α-hetero) is 1. The summed E-state index contributed by atoms with van der Waals surface area (Å²) in [6.07, 6.45) is 5.04. The van der Waals surface area contributed by atoms with Gasteiger partial charge < -0.3 is 31.1 Å². The molecule has 0 unspecified atom stereocenters. The van der Waals surface area contributed by atoms with Gasteiger partial charge in [-0.25, -0.2) is 20.0 Å². The van der Waals surface area contributed by atoms with Gasteiger partial charge in [0.2, 0.25) is 23.6 Å². The molecule has 2 atom stereocenters. The van der Waals surface area contributed by atoms with Gasteiger partial charge in [-0.2, -0.15) is 0 Å². The quantitative estimate of drug-likeness (QED) is 0.207. The van der Waals surface area contributed by atoms with Crippen LogP contribution in [0, 0.1) is 17.8 Å². The van der Waals surface area contributed by atoms with Crippen LogP contribution in [0.4, 0.5) is 0 Å². The highest BCUT2D eigenvalue weighted by atomic mass is 35.5. The smallest absolute Gasteiger partial charge is 0.239 e. The van der Waals surface area contributed by atoms with Crippen LogP contribution >= 0.6 is 23.2 Å². The van der Waals surface area contributed by atoms with E-state index in [4.69, 9.17) is 34.7 Å². The molecule has 0 aromatic heterocycles. The molecule has 0 bridgehead atoms. The van der Waals surface area contributed by atoms with E-state index in [1.165, 1.54) is 0 Å². The zero-order chi connectivity index (χ0) is 51.3. The van der Waals surface area contributed by atoms with Gasteiger partial charge in [0.1, 0.15) is 0 Å². The molecule has 2 aromatic rings. The van der Waals surface area contributed by atoms with Crippen molar-refractivity contribution in [3.63, 3.8) is 0 Å². The predicted octanol–water partition coefficient (Wildman–Crippen LogP) is 5.46. The number of benzene rings is 2. The third-order valence-corrected chi connectivity index (χ3v) is 14.7. The lowest BCUT2D eigenvalue weighted by molar-refractivity contribution is -0.148. The molecule has 6 rings (SSSR count). The second-order valence-electron chi connectivity index (χ2n) is 21.4. The minimum atomic E-state index is -0.980. The van der Waals surface area contributed by atoms with Crippen LogP contribution in [0.15, 0.2) is 48.5 Å². The summed E-state index contributed by atoms with van der Waals surface area (Å²) < 4.78 is 0. The first kappa shape index (κ1) is 57.2. The second-order valence-corrected chi connectivity index (χ2v) is 22.3. The number of hydrogen-bond acceptors (Lipinski definition) is 11. The lowest BCUT2D eigenvalue weighted by Crippen LogP contribution is -2.61. The Bertz CT molecular complexity index is 1990. The Labute approximate surface area is 429 Å². The van der Waals surface area contributed by atoms with E-state index >= 15 is 0 Å². The van der Waals surface area contributed by atoms with E-state index in [-0.39, 0.29) is 35.8 Å². The number of nitrogens with two attached hydrogens (primary N) is 2. The molecule has 4 heterocycles. The molecule has 0 aliphatic carbocycles. The summed E-state index contributed by atoms with van der Waals surface area (Å²) in [6, 6.07) is 15.3. The van der Waals surface area contributed by atoms with Crippen LogP contribution in [0.5, 0.6) is 0 Å². The average molecular weight is 1010 g/mol. The number of halogens is 2. The largest absolute Gasteiger partial charge is 0.343 e. The number of ketones is 1. The van der Waals surface area contributed by atoms with Crippen LogP contribution in [-0.2, 0) is 36.8 Å². The van der Waals surface area contributed by atoms with Crippen molar-refractivity contribution in [2.24, 2.45) is 29.2 Å². The summed E-state index contributed by atoms with van der Waals surface area (Å²) in [5.41, 5.74) is 13.4. The van der Waals surface area contributed by atoms with Gasteiger partial charge in [0.15, 0.2) is 5.78 Å². The Kier molecular flexibility index (Phi) is 22.0. The van der Waals surface area contributed by atoms with E-state index in [0.29, 0.717) is 73.0 Å². The molecule has 0 radical (unpaired) electrons. The summed E-state index contributed by atoms with van der Waals surface area (Å²) in [4.78, 5) is 70.7. The molecule has 0 spiro atoms. The molecular weight excluding hydrogens is 928 g/mol. The van der Waals surface area contributed by atoms with Crippen LogP contribution in [0.25, 0.3) is 0 Å². The van der Waals surface area contributed by atoms with Crippen LogP contribution < -0.4 is 11.5 Å². The molecule has 4 aliphatic heterocycles. The number of piperazine rings is 2. The molecular formula is C53H84Cl2N10O5. The third-order valence-electron chi connectivity index (χ3n) is 14.2. The molecule has 390 valence electrons. The SMILES string of the molecule is CC(=O)N1CCC(N(CC(C)C)N2CCN(C(=O)[C@H](CC(=O)C(C)(C)N)Cc3ccc(Cl)cc3)CC2)CC1.CC(=O)N1CCC(N(CC(C)C)N2CCN(C(=O)[C@H](N)Cc3ccc(Cl)cc3)CC2)CC1. The summed E-state index contributed by atoms with van der Waals surface area (Å²) in [5, 5.41) is 11.2. The Morgan fingerprint density at radius 1 is 0.571 bits per heavy atom. The van der Waals surface area contributed by atoms with Crippen molar-refractivity contribution in [2.75, 3.05) is 91.6 Å². The van der Waals surface area contributed by atoms with E-state index in [1.54, 1.807) is 27.7 Å². The van der Waals surface area contributed by atoms with Crippen molar-refractivity contribution >= 4 is 52.6 Å². The Balaban J connectivity index is 0.000000265. The van der Waals surface area contributed by atoms with Crippen molar-refractivity contribution in [3.8, 4) is 0 Å². The van der Waals surface area contributed by atoms with Crippen LogP contribution in [0.2, 0.25) is 10.0 Å². The number of rotatable bonds is 17. The minimum Gasteiger partial charge on any atom is -0.343 e. The van der Waals surface area contributed by atoms with Gasteiger partial charge in [-0.1, -0.05) is 75.2 Å². The Morgan fingerprint density at radius 2 is 0.929 bits per heavy atom. The first-order valence-electron chi connectivity index (χ1n) is 25.8. The number of carbonyl (C=O) groups is 5. The van der Waals surface area contributed by atoms with Crippen LogP contribution in [0.1, 0.15) is 98.6 Å². The number of hydrogen-bond donors (Lipinski definition) is 2. The average Bonchev–Trinajstić information content (AvgIpc) is 3.33. The standard InChI is InChI=1S/C29H46ClN5O3.C24H38ClN5O2/c1-21(2)20-35(26-10-12-32(13-11-26)22(3)36)34-16-14-33(15-17-34)28(38)24(19-27(37)29(4,5)31)18-23-6-8-25(30)9-7-23;1-18(2)17-30(22-8-10-27(11-9-22)19(3)31)29-14-12-28(13-15-29)24(32)23(26)16-20-4-6-21(25)7-5-20/h6-9,21,24,26H,10-20,31H2,1-5H3;4-7,18,22-23H,8-17,26H2,1-3H3/t24-;23-/m01/s1. The van der Waals surface area contributed by atoms with E-state index in [9.17, 15) is 24.0 Å². The predicted molar refractivity (Wildman–Crippen MR) is 280 cm³/mol. The van der Waals surface area contributed by atoms with Crippen LogP contribution in [-0.4, -0.2) is 184 Å². The monoisotopic (exact) mass is 1010 g/mol. The first-order valence-corrected chi connectivity index (χ1v) is 26.5. The van der Waals surface area contributed by atoms with Gasteiger partial charge in [0.25, 0.3) is 0 Å². The number of carbonyl (C=O) groups excluding carboxylic acids is 5. The van der Waals surface area contributed by atoms with Gasteiger partial charge in [-0.15, -0.1) is 0 Å². The number of piperidine rings is 2. The first-order chi connectivity index (χ1) is 33.1. The van der Waals surface area contributed by atoms with Gasteiger partial charge in [0, 0.05) is 140 Å². The zero-order valence-electron chi connectivity index (χ0n) is 43.5. The summed E-state index contributed by atoms with van der Waals surface area (Å²) >= 11 is 12.0. The normalized spacial score (nSPS) is 19.1. The fraction of sp³-hybridized carbons (Fsp3) is 0.679. The third kappa shape index (κ3) is 17.2. The van der Waals surface area contributed by atoms with Gasteiger partial charge in [0.05, 0.1) is 11.6 Å². The van der Waals surface area contributed by atoms with Gasteiger partial charge in [-0.05, 0) is 99.6 Å². The molecule has 0 saturated carbocycles. The van der Waals surface area contributed by atoms with E-state index < -0.39 is 17.5 Å². The topological polar surface area (TPSA) is 163 Å². The van der Waals surface area contributed by atoms with Crippen LogP contribution in [0.3, 0.4) is 0 Å². The number of amides is 4. The summed E-state index contributed by atoms with van der Waals surface area (Å²) in [6.45, 7) is 26.6. The zero-order valence-corrected chi connectivity index (χ0v) is 45.0. The Morgan fingerprint density at radius 3 is 1.27 bits per heavy atom. The number of nitrogens with zero attached hydrogens (tertiary/aromatic N) is 8. The molecule has 70 heavy (non-hydrogen) atoms. The molecule has 4 saturated heterocycles. The van der Waals surface area contributed by atoms with E-state index in [2.05, 4.69) is 47.7 Å². The maximum absolute atomic E-state index is 13.7. The highest BCUT2D eigenvalue weighted by Crippen LogP contribution is 2.26.